The molecule has 108 valence electrons. The Hall–Kier alpha value is -0.540. The third-order valence-corrected chi connectivity index (χ3v) is 5.06. The Morgan fingerprint density at radius 3 is 2.60 bits per heavy atom. The summed E-state index contributed by atoms with van der Waals surface area (Å²) in [6.07, 6.45) is 2.15. The zero-order valence-corrected chi connectivity index (χ0v) is 14.1. The summed E-state index contributed by atoms with van der Waals surface area (Å²) < 4.78 is 0. The summed E-state index contributed by atoms with van der Waals surface area (Å²) in [5.41, 5.74) is 1.05. The SMILES string of the molecule is CCCNC(c1ccc(CC)s1)c1cc(Cl)ccc1Cl. The van der Waals surface area contributed by atoms with Gasteiger partial charge in [0.2, 0.25) is 0 Å². The fourth-order valence-corrected chi connectivity index (χ4v) is 3.58. The van der Waals surface area contributed by atoms with E-state index < -0.39 is 0 Å². The van der Waals surface area contributed by atoms with Crippen LogP contribution >= 0.6 is 34.5 Å². The number of thiophene rings is 1. The quantitative estimate of drug-likeness (QED) is 0.716. The van der Waals surface area contributed by atoms with Gasteiger partial charge in [-0.1, -0.05) is 37.0 Å². The van der Waals surface area contributed by atoms with E-state index in [1.807, 2.05) is 29.5 Å². The molecule has 0 aliphatic carbocycles. The van der Waals surface area contributed by atoms with Crippen molar-refractivity contribution in [3.8, 4) is 0 Å². The Balaban J connectivity index is 2.38. The maximum absolute atomic E-state index is 6.37. The first kappa shape index (κ1) is 15.8. The molecule has 0 amide bonds. The Labute approximate surface area is 134 Å². The summed E-state index contributed by atoms with van der Waals surface area (Å²) in [4.78, 5) is 2.68. The van der Waals surface area contributed by atoms with Crippen LogP contribution in [-0.2, 0) is 6.42 Å². The number of hydrogen-bond donors (Lipinski definition) is 1. The lowest BCUT2D eigenvalue weighted by Gasteiger charge is -2.19. The third kappa shape index (κ3) is 3.76. The molecular weight excluding hydrogens is 309 g/mol. The van der Waals surface area contributed by atoms with Crippen molar-refractivity contribution in [1.29, 1.82) is 0 Å². The number of halogens is 2. The molecule has 4 heteroatoms. The summed E-state index contributed by atoms with van der Waals surface area (Å²) in [5, 5.41) is 5.06. The molecule has 1 aromatic heterocycles. The maximum atomic E-state index is 6.37. The lowest BCUT2D eigenvalue weighted by atomic mass is 10.0. The number of benzene rings is 1. The van der Waals surface area contributed by atoms with E-state index in [2.05, 4.69) is 31.3 Å². The number of nitrogens with one attached hydrogen (secondary N) is 1. The van der Waals surface area contributed by atoms with Crippen LogP contribution in [0, 0.1) is 0 Å². The van der Waals surface area contributed by atoms with Gasteiger partial charge >= 0.3 is 0 Å². The summed E-state index contributed by atoms with van der Waals surface area (Å²) in [5.74, 6) is 0. The Morgan fingerprint density at radius 1 is 1.15 bits per heavy atom. The molecule has 0 saturated carbocycles. The normalized spacial score (nSPS) is 12.6. The molecule has 1 nitrogen and oxygen atoms in total. The molecule has 0 saturated heterocycles. The molecule has 1 N–H and O–H groups in total. The van der Waals surface area contributed by atoms with Crippen molar-refractivity contribution in [3.05, 3.63) is 55.7 Å². The molecule has 2 aromatic rings. The third-order valence-electron chi connectivity index (χ3n) is 3.18. The van der Waals surface area contributed by atoms with Gasteiger partial charge in [-0.15, -0.1) is 11.3 Å². The van der Waals surface area contributed by atoms with Gasteiger partial charge in [0, 0.05) is 19.8 Å². The van der Waals surface area contributed by atoms with E-state index in [1.54, 1.807) is 0 Å². The first-order valence-electron chi connectivity index (χ1n) is 6.92. The van der Waals surface area contributed by atoms with Gasteiger partial charge in [0.05, 0.1) is 6.04 Å². The molecule has 0 bridgehead atoms. The summed E-state index contributed by atoms with van der Waals surface area (Å²) >= 11 is 14.3. The topological polar surface area (TPSA) is 12.0 Å². The summed E-state index contributed by atoms with van der Waals surface area (Å²) in [6.45, 7) is 5.29. The van der Waals surface area contributed by atoms with Crippen LogP contribution in [0.1, 0.15) is 41.6 Å². The van der Waals surface area contributed by atoms with E-state index in [9.17, 15) is 0 Å². The summed E-state index contributed by atoms with van der Waals surface area (Å²) in [6, 6.07) is 10.2. The van der Waals surface area contributed by atoms with Gasteiger partial charge < -0.3 is 5.32 Å². The minimum absolute atomic E-state index is 0.117. The predicted molar refractivity (Wildman–Crippen MR) is 90.3 cm³/mol. The van der Waals surface area contributed by atoms with Crippen molar-refractivity contribution in [2.24, 2.45) is 0 Å². The molecule has 2 rings (SSSR count). The van der Waals surface area contributed by atoms with Crippen LogP contribution in [0.2, 0.25) is 10.0 Å². The van der Waals surface area contributed by atoms with Crippen molar-refractivity contribution in [1.82, 2.24) is 5.32 Å². The fraction of sp³-hybridized carbons (Fsp3) is 0.375. The Bertz CT molecular complexity index is 565. The monoisotopic (exact) mass is 327 g/mol. The van der Waals surface area contributed by atoms with Crippen LogP contribution in [0.4, 0.5) is 0 Å². The molecule has 20 heavy (non-hydrogen) atoms. The smallest absolute Gasteiger partial charge is 0.0686 e. The van der Waals surface area contributed by atoms with E-state index in [1.165, 1.54) is 9.75 Å². The standard InChI is InChI=1S/C16H19Cl2NS/c1-3-9-19-16(15-8-6-12(4-2)20-15)13-10-11(17)5-7-14(13)18/h5-8,10,16,19H,3-4,9H2,1-2H3. The van der Waals surface area contributed by atoms with Crippen LogP contribution in [0.5, 0.6) is 0 Å². The van der Waals surface area contributed by atoms with E-state index in [4.69, 9.17) is 23.2 Å². The van der Waals surface area contributed by atoms with Gasteiger partial charge in [0.1, 0.15) is 0 Å². The Morgan fingerprint density at radius 2 is 1.95 bits per heavy atom. The highest BCUT2D eigenvalue weighted by Gasteiger charge is 2.18. The van der Waals surface area contributed by atoms with Gasteiger partial charge in [-0.05, 0) is 55.3 Å². The maximum Gasteiger partial charge on any atom is 0.0686 e. The van der Waals surface area contributed by atoms with Crippen LogP contribution in [-0.4, -0.2) is 6.54 Å². The highest BCUT2D eigenvalue weighted by molar-refractivity contribution is 7.12. The van der Waals surface area contributed by atoms with Crippen molar-refractivity contribution >= 4 is 34.5 Å². The molecule has 0 fully saturated rings. The second-order valence-corrected chi connectivity index (χ2v) is 6.75. The second-order valence-electron chi connectivity index (χ2n) is 4.71. The van der Waals surface area contributed by atoms with E-state index in [0.29, 0.717) is 0 Å². The first-order chi connectivity index (χ1) is 9.65. The van der Waals surface area contributed by atoms with Gasteiger partial charge in [-0.2, -0.15) is 0 Å². The average molecular weight is 328 g/mol. The highest BCUT2D eigenvalue weighted by Crippen LogP contribution is 2.34. The van der Waals surface area contributed by atoms with Crippen LogP contribution in [0.15, 0.2) is 30.3 Å². The van der Waals surface area contributed by atoms with Gasteiger partial charge in [0.25, 0.3) is 0 Å². The van der Waals surface area contributed by atoms with Crippen molar-refractivity contribution in [2.75, 3.05) is 6.54 Å². The minimum Gasteiger partial charge on any atom is -0.306 e. The van der Waals surface area contributed by atoms with Crippen molar-refractivity contribution in [3.63, 3.8) is 0 Å². The molecule has 1 aromatic carbocycles. The minimum atomic E-state index is 0.117. The molecule has 1 atom stereocenters. The van der Waals surface area contributed by atoms with Crippen molar-refractivity contribution in [2.45, 2.75) is 32.7 Å². The predicted octanol–water partition coefficient (Wildman–Crippen LogP) is 5.71. The van der Waals surface area contributed by atoms with Gasteiger partial charge in [-0.25, -0.2) is 0 Å². The van der Waals surface area contributed by atoms with Crippen LogP contribution < -0.4 is 5.32 Å². The number of rotatable bonds is 6. The largest absolute Gasteiger partial charge is 0.306 e. The van der Waals surface area contributed by atoms with E-state index in [0.717, 1.165) is 35.0 Å². The Kier molecular flexibility index (Phi) is 5.91. The fourth-order valence-electron chi connectivity index (χ4n) is 2.13. The highest BCUT2D eigenvalue weighted by atomic mass is 35.5. The van der Waals surface area contributed by atoms with Gasteiger partial charge in [-0.3, -0.25) is 0 Å². The molecule has 0 aliphatic heterocycles. The molecule has 0 radical (unpaired) electrons. The first-order valence-corrected chi connectivity index (χ1v) is 8.49. The zero-order valence-electron chi connectivity index (χ0n) is 11.7. The van der Waals surface area contributed by atoms with Crippen molar-refractivity contribution < 1.29 is 0 Å². The molecule has 0 aliphatic rings. The van der Waals surface area contributed by atoms with E-state index >= 15 is 0 Å². The van der Waals surface area contributed by atoms with E-state index in [-0.39, 0.29) is 6.04 Å². The van der Waals surface area contributed by atoms with Crippen LogP contribution in [0.3, 0.4) is 0 Å². The average Bonchev–Trinajstić information content (AvgIpc) is 2.92. The molecule has 1 heterocycles. The lowest BCUT2D eigenvalue weighted by molar-refractivity contribution is 0.606. The zero-order chi connectivity index (χ0) is 14.5. The van der Waals surface area contributed by atoms with Gasteiger partial charge in [0.15, 0.2) is 0 Å². The molecule has 0 spiro atoms. The summed E-state index contributed by atoms with van der Waals surface area (Å²) in [7, 11) is 0. The molecule has 1 unspecified atom stereocenters. The van der Waals surface area contributed by atoms with Crippen LogP contribution in [0.25, 0.3) is 0 Å². The number of hydrogen-bond acceptors (Lipinski definition) is 2. The second kappa shape index (κ2) is 7.46. The lowest BCUT2D eigenvalue weighted by Crippen LogP contribution is -2.22. The molecular formula is C16H19Cl2NS. The number of aryl methyl sites for hydroxylation is 1.